The second-order valence-electron chi connectivity index (χ2n) is 5.99. The molecular weight excluding hydrogens is 348 g/mol. The minimum Gasteiger partial charge on any atom is -0.378 e. The highest BCUT2D eigenvalue weighted by molar-refractivity contribution is 7.90. The number of anilines is 1. The lowest BCUT2D eigenvalue weighted by atomic mass is 10.2. The zero-order valence-electron chi connectivity index (χ0n) is 14.8. The van der Waals surface area contributed by atoms with Crippen LogP contribution in [0.25, 0.3) is 0 Å². The van der Waals surface area contributed by atoms with Gasteiger partial charge in [0.1, 0.15) is 5.69 Å². The van der Waals surface area contributed by atoms with Crippen LogP contribution < -0.4 is 10.6 Å². The van der Waals surface area contributed by atoms with E-state index in [0.717, 1.165) is 12.3 Å². The van der Waals surface area contributed by atoms with E-state index in [9.17, 15) is 23.3 Å². The number of hydrogen-bond acceptors (Lipinski definition) is 7. The molecule has 1 rings (SSSR count). The van der Waals surface area contributed by atoms with Crippen LogP contribution in [0.2, 0.25) is 0 Å². The van der Waals surface area contributed by atoms with Gasteiger partial charge in [-0.2, -0.15) is 0 Å². The van der Waals surface area contributed by atoms with E-state index in [0.29, 0.717) is 0 Å². The molecule has 1 aromatic carbocycles. The monoisotopic (exact) mass is 372 g/mol. The Morgan fingerprint density at radius 3 is 2.48 bits per heavy atom. The maximum atomic E-state index is 11.7. The second-order valence-corrected chi connectivity index (χ2v) is 8.01. The van der Waals surface area contributed by atoms with Crippen molar-refractivity contribution in [3.63, 3.8) is 0 Å². The van der Waals surface area contributed by atoms with Crippen LogP contribution in [0.4, 0.5) is 11.4 Å². The van der Waals surface area contributed by atoms with Crippen LogP contribution >= 0.6 is 0 Å². The van der Waals surface area contributed by atoms with Crippen molar-refractivity contribution in [3.05, 3.63) is 28.3 Å². The zero-order valence-corrected chi connectivity index (χ0v) is 15.6. The molecule has 0 bridgehead atoms. The van der Waals surface area contributed by atoms with Crippen LogP contribution in [0, 0.1) is 10.1 Å². The first-order valence-corrected chi connectivity index (χ1v) is 9.61. The summed E-state index contributed by atoms with van der Waals surface area (Å²) in [6.07, 6.45) is 0.989. The number of sulfone groups is 1. The van der Waals surface area contributed by atoms with Gasteiger partial charge in [0, 0.05) is 31.5 Å². The Balaban J connectivity index is 2.63. The fourth-order valence-corrected chi connectivity index (χ4v) is 2.55. The van der Waals surface area contributed by atoms with E-state index in [4.69, 9.17) is 0 Å². The number of nitrogens with zero attached hydrogens (tertiary/aromatic N) is 2. The predicted molar refractivity (Wildman–Crippen MR) is 95.5 cm³/mol. The summed E-state index contributed by atoms with van der Waals surface area (Å²) in [5, 5.41) is 16.7. The fourth-order valence-electron chi connectivity index (χ4n) is 1.91. The van der Waals surface area contributed by atoms with Crippen molar-refractivity contribution < 1.29 is 18.1 Å². The Morgan fingerprint density at radius 2 is 1.96 bits per heavy atom. The highest BCUT2D eigenvalue weighted by atomic mass is 32.2. The van der Waals surface area contributed by atoms with Gasteiger partial charge >= 0.3 is 0 Å². The predicted octanol–water partition coefficient (Wildman–Crippen LogP) is 0.867. The molecule has 140 valence electrons. The average molecular weight is 372 g/mol. The minimum atomic E-state index is -3.52. The lowest BCUT2D eigenvalue weighted by molar-refractivity contribution is -0.384. The third kappa shape index (κ3) is 6.67. The minimum absolute atomic E-state index is 0.116. The smallest absolute Gasteiger partial charge is 0.293 e. The molecule has 25 heavy (non-hydrogen) atoms. The summed E-state index contributed by atoms with van der Waals surface area (Å²) in [7, 11) is -1.68. The first-order chi connectivity index (χ1) is 11.5. The maximum absolute atomic E-state index is 11.7. The Morgan fingerprint density at radius 1 is 1.32 bits per heavy atom. The number of rotatable bonds is 9. The summed E-state index contributed by atoms with van der Waals surface area (Å²) >= 11 is 0. The lowest BCUT2D eigenvalue weighted by Crippen LogP contribution is -2.39. The van der Waals surface area contributed by atoms with Crippen LogP contribution in [0.5, 0.6) is 0 Å². The highest BCUT2D eigenvalue weighted by Crippen LogP contribution is 2.27. The van der Waals surface area contributed by atoms with E-state index >= 15 is 0 Å². The van der Waals surface area contributed by atoms with E-state index < -0.39 is 14.8 Å². The average Bonchev–Trinajstić information content (AvgIpc) is 2.50. The number of nitro groups is 1. The van der Waals surface area contributed by atoms with Crippen LogP contribution in [-0.4, -0.2) is 63.1 Å². The molecule has 0 atom stereocenters. The molecule has 0 fully saturated rings. The van der Waals surface area contributed by atoms with Gasteiger partial charge in [0.15, 0.2) is 9.84 Å². The van der Waals surface area contributed by atoms with Crippen LogP contribution in [-0.2, 0) is 14.6 Å². The van der Waals surface area contributed by atoms with Crippen LogP contribution in [0.15, 0.2) is 23.1 Å². The Labute approximate surface area is 147 Å². The molecule has 0 aliphatic heterocycles. The van der Waals surface area contributed by atoms with Gasteiger partial charge in [-0.1, -0.05) is 0 Å². The largest absolute Gasteiger partial charge is 0.378 e. The van der Waals surface area contributed by atoms with Crippen molar-refractivity contribution in [3.8, 4) is 0 Å². The van der Waals surface area contributed by atoms with E-state index in [1.165, 1.54) is 12.1 Å². The highest BCUT2D eigenvalue weighted by Gasteiger charge is 2.18. The molecule has 0 aromatic heterocycles. The maximum Gasteiger partial charge on any atom is 0.293 e. The first kappa shape index (κ1) is 20.8. The molecule has 0 spiro atoms. The summed E-state index contributed by atoms with van der Waals surface area (Å²) < 4.78 is 23.0. The van der Waals surface area contributed by atoms with Gasteiger partial charge in [0.25, 0.3) is 5.69 Å². The Bertz CT molecular complexity index is 733. The standard InChI is InChI=1S/C15H24N4O5S/c1-11(2)18(3)10-15(20)17-8-7-16-13-6-5-12(25(4,23)24)9-14(13)19(21)22/h5-6,9,11,16H,7-8,10H2,1-4H3,(H,17,20). The molecule has 10 heteroatoms. The normalized spacial score (nSPS) is 11.6. The molecule has 2 N–H and O–H groups in total. The van der Waals surface area contributed by atoms with Crippen LogP contribution in [0.1, 0.15) is 13.8 Å². The molecule has 0 unspecified atom stereocenters. The summed E-state index contributed by atoms with van der Waals surface area (Å²) in [5.74, 6) is -0.139. The lowest BCUT2D eigenvalue weighted by Gasteiger charge is -2.20. The summed E-state index contributed by atoms with van der Waals surface area (Å²) in [5.41, 5.74) is -0.125. The molecule has 1 aromatic rings. The Kier molecular flexibility index (Phi) is 7.31. The van der Waals surface area contributed by atoms with Gasteiger partial charge in [-0.15, -0.1) is 0 Å². The molecule has 0 saturated carbocycles. The number of likely N-dealkylation sites (N-methyl/N-ethyl adjacent to an activating group) is 1. The molecular formula is C15H24N4O5S. The molecule has 0 radical (unpaired) electrons. The molecule has 0 heterocycles. The van der Waals surface area contributed by atoms with Gasteiger partial charge in [-0.25, -0.2) is 8.42 Å². The number of carbonyl (C=O) groups is 1. The summed E-state index contributed by atoms with van der Waals surface area (Å²) in [6, 6.07) is 3.93. The van der Waals surface area contributed by atoms with Crippen molar-refractivity contribution in [1.29, 1.82) is 0 Å². The van der Waals surface area contributed by atoms with Gasteiger partial charge in [-0.05, 0) is 33.0 Å². The van der Waals surface area contributed by atoms with Crippen molar-refractivity contribution in [2.24, 2.45) is 0 Å². The number of amides is 1. The number of nitrogens with one attached hydrogen (secondary N) is 2. The van der Waals surface area contributed by atoms with Crippen molar-refractivity contribution in [1.82, 2.24) is 10.2 Å². The zero-order chi connectivity index (χ0) is 19.2. The third-order valence-electron chi connectivity index (χ3n) is 3.63. The molecule has 0 saturated heterocycles. The fraction of sp³-hybridized carbons (Fsp3) is 0.533. The number of nitro benzene ring substituents is 1. The van der Waals surface area contributed by atoms with E-state index in [1.54, 1.807) is 0 Å². The number of carbonyl (C=O) groups excluding carboxylic acids is 1. The number of benzene rings is 1. The van der Waals surface area contributed by atoms with E-state index in [-0.39, 0.29) is 47.9 Å². The third-order valence-corrected chi connectivity index (χ3v) is 4.74. The molecule has 1 amide bonds. The number of hydrogen-bond donors (Lipinski definition) is 2. The van der Waals surface area contributed by atoms with E-state index in [2.05, 4.69) is 10.6 Å². The molecule has 0 aliphatic carbocycles. The van der Waals surface area contributed by atoms with Gasteiger partial charge in [-0.3, -0.25) is 19.8 Å². The van der Waals surface area contributed by atoms with Crippen LogP contribution in [0.3, 0.4) is 0 Å². The van der Waals surface area contributed by atoms with Crippen molar-refractivity contribution in [2.75, 3.05) is 38.3 Å². The summed E-state index contributed by atoms with van der Waals surface area (Å²) in [6.45, 7) is 4.79. The quantitative estimate of drug-likeness (QED) is 0.375. The van der Waals surface area contributed by atoms with Crippen molar-refractivity contribution >= 4 is 27.1 Å². The Hall–Kier alpha value is -2.20. The second kappa shape index (κ2) is 8.77. The first-order valence-electron chi connectivity index (χ1n) is 7.71. The molecule has 0 aliphatic rings. The van der Waals surface area contributed by atoms with Gasteiger partial charge in [0.2, 0.25) is 5.91 Å². The SMILES string of the molecule is CC(C)N(C)CC(=O)NCCNc1ccc(S(C)(=O)=O)cc1[N+](=O)[O-]. The topological polar surface area (TPSA) is 122 Å². The van der Waals surface area contributed by atoms with E-state index in [1.807, 2.05) is 25.8 Å². The van der Waals surface area contributed by atoms with Gasteiger partial charge in [0.05, 0.1) is 16.4 Å². The summed E-state index contributed by atoms with van der Waals surface area (Å²) in [4.78, 5) is 24.0. The van der Waals surface area contributed by atoms with Crippen molar-refractivity contribution in [2.45, 2.75) is 24.8 Å². The van der Waals surface area contributed by atoms with Gasteiger partial charge < -0.3 is 10.6 Å². The molecule has 9 nitrogen and oxygen atoms in total.